The fourth-order valence-corrected chi connectivity index (χ4v) is 4.36. The van der Waals surface area contributed by atoms with Gasteiger partial charge in [0.1, 0.15) is 11.9 Å². The predicted molar refractivity (Wildman–Crippen MR) is 103 cm³/mol. The number of amides is 1. The van der Waals surface area contributed by atoms with Crippen molar-refractivity contribution in [1.29, 1.82) is 0 Å². The Morgan fingerprint density at radius 1 is 1.35 bits per heavy atom. The summed E-state index contributed by atoms with van der Waals surface area (Å²) in [5, 5.41) is 6.23. The van der Waals surface area contributed by atoms with Gasteiger partial charge in [-0.25, -0.2) is 8.42 Å². The van der Waals surface area contributed by atoms with E-state index in [-0.39, 0.29) is 41.0 Å². The van der Waals surface area contributed by atoms with Gasteiger partial charge in [-0.05, 0) is 37.4 Å². The molecule has 3 N–H and O–H groups in total. The molecular weight excluding hydrogens is 376 g/mol. The number of carbonyl (C=O) groups is 1. The summed E-state index contributed by atoms with van der Waals surface area (Å²) in [6, 6.07) is 6.17. The lowest BCUT2D eigenvalue weighted by Crippen LogP contribution is -2.43. The molecule has 0 saturated carbocycles. The molecule has 26 heavy (non-hydrogen) atoms. The first-order chi connectivity index (χ1) is 11.9. The van der Waals surface area contributed by atoms with Crippen LogP contribution in [0.25, 0.3) is 0 Å². The Hall–Kier alpha value is -1.64. The molecule has 1 fully saturated rings. The minimum Gasteiger partial charge on any atom is -0.350 e. The molecule has 1 aromatic carbocycles. The zero-order valence-corrected chi connectivity index (χ0v) is 16.5. The van der Waals surface area contributed by atoms with Gasteiger partial charge in [-0.3, -0.25) is 14.5 Å². The van der Waals surface area contributed by atoms with E-state index in [1.54, 1.807) is 24.3 Å². The highest BCUT2D eigenvalue weighted by Gasteiger charge is 2.32. The number of sulfonamides is 1. The maximum absolute atomic E-state index is 12.7. The van der Waals surface area contributed by atoms with Crippen LogP contribution in [0, 0.1) is 5.92 Å². The number of nitrogens with zero attached hydrogens (tertiary/aromatic N) is 1. The third-order valence-corrected chi connectivity index (χ3v) is 5.75. The van der Waals surface area contributed by atoms with E-state index in [9.17, 15) is 13.2 Å². The highest BCUT2D eigenvalue weighted by atomic mass is 35.5. The molecule has 0 aromatic heterocycles. The number of benzene rings is 1. The van der Waals surface area contributed by atoms with Gasteiger partial charge < -0.3 is 10.6 Å². The summed E-state index contributed by atoms with van der Waals surface area (Å²) in [6.45, 7) is 5.68. The monoisotopic (exact) mass is 400 g/mol. The van der Waals surface area contributed by atoms with Gasteiger partial charge in [0.25, 0.3) is 10.0 Å². The molecule has 1 saturated heterocycles. The van der Waals surface area contributed by atoms with Gasteiger partial charge in [-0.1, -0.05) is 26.0 Å². The Morgan fingerprint density at radius 2 is 2.08 bits per heavy atom. The summed E-state index contributed by atoms with van der Waals surface area (Å²) in [5.74, 6) is 0.356. The minimum atomic E-state index is -3.60. The number of carbonyl (C=O) groups excluding carboxylic acids is 1. The van der Waals surface area contributed by atoms with E-state index in [0.29, 0.717) is 12.0 Å². The maximum atomic E-state index is 12.7. The Bertz CT molecular complexity index is 789. The number of halogens is 1. The first-order valence-corrected chi connectivity index (χ1v) is 10.1. The van der Waals surface area contributed by atoms with Crippen molar-refractivity contribution >= 4 is 34.2 Å². The molecule has 7 nitrogen and oxygen atoms in total. The predicted octanol–water partition coefficient (Wildman–Crippen LogP) is 1.04. The fourth-order valence-electron chi connectivity index (χ4n) is 3.13. The van der Waals surface area contributed by atoms with Crippen LogP contribution in [-0.2, 0) is 14.8 Å². The van der Waals surface area contributed by atoms with Gasteiger partial charge in [0.05, 0.1) is 4.90 Å². The lowest BCUT2D eigenvalue weighted by molar-refractivity contribution is -0.123. The zero-order valence-electron chi connectivity index (χ0n) is 14.9. The molecule has 0 aliphatic carbocycles. The summed E-state index contributed by atoms with van der Waals surface area (Å²) in [5.41, 5.74) is 0.520. The summed E-state index contributed by atoms with van der Waals surface area (Å²) in [7, 11) is -3.60. The molecule has 2 heterocycles. The quantitative estimate of drug-likeness (QED) is 0.687. The van der Waals surface area contributed by atoms with Crippen molar-refractivity contribution in [3.8, 4) is 0 Å². The molecule has 2 atom stereocenters. The normalized spacial score (nSPS) is 23.2. The molecule has 1 aromatic rings. The number of rotatable bonds is 5. The van der Waals surface area contributed by atoms with Gasteiger partial charge in [-0.15, -0.1) is 12.4 Å². The number of aliphatic imine (C=N–C) groups is 1. The lowest BCUT2D eigenvalue weighted by Gasteiger charge is -2.18. The molecule has 3 rings (SSSR count). The van der Waals surface area contributed by atoms with Crippen LogP contribution in [0.3, 0.4) is 0 Å². The summed E-state index contributed by atoms with van der Waals surface area (Å²) >= 11 is 0. The van der Waals surface area contributed by atoms with E-state index in [2.05, 4.69) is 20.3 Å². The van der Waals surface area contributed by atoms with Crippen molar-refractivity contribution in [1.82, 2.24) is 15.4 Å². The molecule has 2 unspecified atom stereocenters. The van der Waals surface area contributed by atoms with Gasteiger partial charge in [0.2, 0.25) is 5.91 Å². The van der Waals surface area contributed by atoms with Crippen LogP contribution >= 0.6 is 12.4 Å². The van der Waals surface area contributed by atoms with Crippen LogP contribution in [0.1, 0.15) is 32.3 Å². The average Bonchev–Trinajstić information content (AvgIpc) is 3.13. The molecule has 144 valence electrons. The maximum Gasteiger partial charge on any atom is 0.263 e. The van der Waals surface area contributed by atoms with E-state index in [1.165, 1.54) is 0 Å². The largest absolute Gasteiger partial charge is 0.350 e. The van der Waals surface area contributed by atoms with Crippen LogP contribution in [-0.4, -0.2) is 45.3 Å². The summed E-state index contributed by atoms with van der Waals surface area (Å²) in [6.07, 6.45) is 1.45. The van der Waals surface area contributed by atoms with Crippen LogP contribution in [0.15, 0.2) is 34.2 Å². The first-order valence-electron chi connectivity index (χ1n) is 8.58. The van der Waals surface area contributed by atoms with Crippen LogP contribution in [0.4, 0.5) is 0 Å². The third-order valence-electron chi connectivity index (χ3n) is 4.35. The average molecular weight is 401 g/mol. The molecule has 2 aliphatic heterocycles. The zero-order chi connectivity index (χ0) is 18.0. The van der Waals surface area contributed by atoms with Crippen molar-refractivity contribution in [2.24, 2.45) is 10.9 Å². The molecule has 2 aliphatic rings. The van der Waals surface area contributed by atoms with E-state index in [0.717, 1.165) is 19.5 Å². The highest BCUT2D eigenvalue weighted by Crippen LogP contribution is 2.23. The second-order valence-corrected chi connectivity index (χ2v) is 8.57. The first kappa shape index (κ1) is 20.7. The van der Waals surface area contributed by atoms with Crippen LogP contribution < -0.4 is 15.4 Å². The second kappa shape index (κ2) is 8.37. The second-order valence-electron chi connectivity index (χ2n) is 6.92. The standard InChI is InChI=1S/C17H24N4O3S.ClH/c1-11(2)9-14(17(22)19-12-7-8-18-10-12)20-16-13-5-3-4-6-15(13)25(23,24)21-16;/h3-6,11-12,14,18H,7-10H2,1-2H3,(H,19,22)(H,20,21);1H. The fraction of sp³-hybridized carbons (Fsp3) is 0.529. The number of hydrogen-bond acceptors (Lipinski definition) is 5. The smallest absolute Gasteiger partial charge is 0.263 e. The Labute approximate surface area is 160 Å². The van der Waals surface area contributed by atoms with Gasteiger partial charge in [0.15, 0.2) is 0 Å². The van der Waals surface area contributed by atoms with Gasteiger partial charge >= 0.3 is 0 Å². The van der Waals surface area contributed by atoms with Crippen molar-refractivity contribution in [3.63, 3.8) is 0 Å². The lowest BCUT2D eigenvalue weighted by atomic mass is 10.0. The summed E-state index contributed by atoms with van der Waals surface area (Å²) in [4.78, 5) is 17.4. The van der Waals surface area contributed by atoms with Crippen molar-refractivity contribution in [2.75, 3.05) is 13.1 Å². The summed E-state index contributed by atoms with van der Waals surface area (Å²) < 4.78 is 26.9. The van der Waals surface area contributed by atoms with E-state index < -0.39 is 16.1 Å². The van der Waals surface area contributed by atoms with E-state index in [4.69, 9.17) is 0 Å². The number of hydrogen-bond donors (Lipinski definition) is 3. The SMILES string of the molecule is CC(C)CC(N=C1NS(=O)(=O)c2ccccc21)C(=O)NC1CCNC1.Cl. The van der Waals surface area contributed by atoms with Gasteiger partial charge in [-0.2, -0.15) is 0 Å². The van der Waals surface area contributed by atoms with E-state index >= 15 is 0 Å². The topological polar surface area (TPSA) is 99.7 Å². The minimum absolute atomic E-state index is 0. The number of amidine groups is 1. The van der Waals surface area contributed by atoms with Crippen molar-refractivity contribution < 1.29 is 13.2 Å². The highest BCUT2D eigenvalue weighted by molar-refractivity contribution is 7.90. The Kier molecular flexibility index (Phi) is 6.65. The van der Waals surface area contributed by atoms with Crippen molar-refractivity contribution in [2.45, 2.75) is 43.7 Å². The molecule has 0 radical (unpaired) electrons. The van der Waals surface area contributed by atoms with Crippen LogP contribution in [0.2, 0.25) is 0 Å². The molecular formula is C17H25ClN4O3S. The Balaban J connectivity index is 0.00000243. The van der Waals surface area contributed by atoms with Crippen molar-refractivity contribution in [3.05, 3.63) is 29.8 Å². The number of nitrogens with one attached hydrogen (secondary N) is 3. The van der Waals surface area contributed by atoms with Crippen LogP contribution in [0.5, 0.6) is 0 Å². The molecule has 0 spiro atoms. The third kappa shape index (κ3) is 4.55. The Morgan fingerprint density at radius 3 is 2.73 bits per heavy atom. The van der Waals surface area contributed by atoms with E-state index in [1.807, 2.05) is 13.8 Å². The molecule has 9 heteroatoms. The molecule has 1 amide bonds. The van der Waals surface area contributed by atoms with Gasteiger partial charge in [0, 0.05) is 18.2 Å². The number of fused-ring (bicyclic) bond motifs is 1. The molecule has 0 bridgehead atoms.